The van der Waals surface area contributed by atoms with Crippen molar-refractivity contribution in [1.82, 2.24) is 5.32 Å². The van der Waals surface area contributed by atoms with Gasteiger partial charge in [0, 0.05) is 10.5 Å². The molecule has 0 aliphatic heterocycles. The van der Waals surface area contributed by atoms with E-state index in [0.29, 0.717) is 0 Å². The number of halogens is 2. The quantitative estimate of drug-likeness (QED) is 0.853. The number of hydrogen-bond acceptors (Lipinski definition) is 1. The Balaban J connectivity index is 2.34. The molecule has 0 aliphatic carbocycles. The molecule has 0 spiro atoms. The molecular formula is C17H19BrFN. The summed E-state index contributed by atoms with van der Waals surface area (Å²) in [4.78, 5) is 0. The maximum atomic E-state index is 13.2. The second kappa shape index (κ2) is 6.51. The first kappa shape index (κ1) is 15.2. The van der Waals surface area contributed by atoms with Crippen molar-refractivity contribution in [2.45, 2.75) is 26.3 Å². The Morgan fingerprint density at radius 3 is 2.35 bits per heavy atom. The van der Waals surface area contributed by atoms with Crippen LogP contribution < -0.4 is 5.32 Å². The molecular weight excluding hydrogens is 317 g/mol. The van der Waals surface area contributed by atoms with Crippen LogP contribution in [0.3, 0.4) is 0 Å². The van der Waals surface area contributed by atoms with E-state index in [1.54, 1.807) is 0 Å². The highest BCUT2D eigenvalue weighted by atomic mass is 79.9. The summed E-state index contributed by atoms with van der Waals surface area (Å²) in [6.45, 7) is 4.26. The first-order chi connectivity index (χ1) is 9.52. The van der Waals surface area contributed by atoms with E-state index in [1.807, 2.05) is 13.1 Å². The Morgan fingerprint density at radius 2 is 1.80 bits per heavy atom. The van der Waals surface area contributed by atoms with Crippen LogP contribution in [0.15, 0.2) is 40.9 Å². The standard InChI is InChI=1S/C17H19BrFN/c1-11-5-4-6-12(2)17(11)16(20-3)9-13-7-8-14(19)10-15(13)18/h4-8,10,16,20H,9H2,1-3H3. The van der Waals surface area contributed by atoms with E-state index in [2.05, 4.69) is 53.3 Å². The number of benzene rings is 2. The number of likely N-dealkylation sites (N-methyl/N-ethyl adjacent to an activating group) is 1. The molecule has 0 fully saturated rings. The van der Waals surface area contributed by atoms with Gasteiger partial charge in [0.2, 0.25) is 0 Å². The molecule has 0 radical (unpaired) electrons. The third-order valence-corrected chi connectivity index (χ3v) is 4.42. The molecule has 106 valence electrons. The van der Waals surface area contributed by atoms with E-state index >= 15 is 0 Å². The van der Waals surface area contributed by atoms with Gasteiger partial charge in [-0.2, -0.15) is 0 Å². The van der Waals surface area contributed by atoms with Crippen molar-refractivity contribution in [1.29, 1.82) is 0 Å². The molecule has 20 heavy (non-hydrogen) atoms. The van der Waals surface area contributed by atoms with Crippen molar-refractivity contribution < 1.29 is 4.39 Å². The lowest BCUT2D eigenvalue weighted by Gasteiger charge is -2.22. The van der Waals surface area contributed by atoms with Crippen LogP contribution in [0.4, 0.5) is 4.39 Å². The van der Waals surface area contributed by atoms with Crippen molar-refractivity contribution in [3.05, 3.63) is 68.9 Å². The zero-order chi connectivity index (χ0) is 14.7. The fraction of sp³-hybridized carbons (Fsp3) is 0.294. The molecule has 1 nitrogen and oxygen atoms in total. The minimum atomic E-state index is -0.214. The number of nitrogens with one attached hydrogen (secondary N) is 1. The SMILES string of the molecule is CNC(Cc1ccc(F)cc1Br)c1c(C)cccc1C. The molecule has 2 aromatic carbocycles. The lowest BCUT2D eigenvalue weighted by Crippen LogP contribution is -2.21. The molecule has 2 rings (SSSR count). The van der Waals surface area contributed by atoms with Gasteiger partial charge in [0.05, 0.1) is 0 Å². The highest BCUT2D eigenvalue weighted by molar-refractivity contribution is 9.10. The molecule has 0 saturated carbocycles. The van der Waals surface area contributed by atoms with Gasteiger partial charge in [-0.3, -0.25) is 0 Å². The largest absolute Gasteiger partial charge is 0.313 e. The van der Waals surface area contributed by atoms with E-state index in [-0.39, 0.29) is 11.9 Å². The van der Waals surface area contributed by atoms with E-state index < -0.39 is 0 Å². The number of rotatable bonds is 4. The average Bonchev–Trinajstić information content (AvgIpc) is 2.39. The van der Waals surface area contributed by atoms with Gasteiger partial charge in [-0.05, 0) is 61.7 Å². The van der Waals surface area contributed by atoms with Gasteiger partial charge >= 0.3 is 0 Å². The van der Waals surface area contributed by atoms with Crippen molar-refractivity contribution in [3.63, 3.8) is 0 Å². The Kier molecular flexibility index (Phi) is 4.95. The maximum absolute atomic E-state index is 13.2. The van der Waals surface area contributed by atoms with Gasteiger partial charge in [-0.1, -0.05) is 40.2 Å². The smallest absolute Gasteiger partial charge is 0.124 e. The first-order valence-corrected chi connectivity index (χ1v) is 7.49. The molecule has 0 bridgehead atoms. The van der Waals surface area contributed by atoms with Gasteiger partial charge in [0.15, 0.2) is 0 Å². The maximum Gasteiger partial charge on any atom is 0.124 e. The minimum Gasteiger partial charge on any atom is -0.313 e. The van der Waals surface area contributed by atoms with Gasteiger partial charge in [0.1, 0.15) is 5.82 Å². The van der Waals surface area contributed by atoms with E-state index in [0.717, 1.165) is 16.5 Å². The molecule has 1 atom stereocenters. The predicted molar refractivity (Wildman–Crippen MR) is 85.5 cm³/mol. The fourth-order valence-corrected chi connectivity index (χ4v) is 3.15. The predicted octanol–water partition coefficient (Wildman–Crippen LogP) is 4.71. The Hall–Kier alpha value is -1.19. The molecule has 0 amide bonds. The zero-order valence-corrected chi connectivity index (χ0v) is 13.6. The number of hydrogen-bond donors (Lipinski definition) is 1. The topological polar surface area (TPSA) is 12.0 Å². The van der Waals surface area contributed by atoms with Gasteiger partial charge in [-0.15, -0.1) is 0 Å². The van der Waals surface area contributed by atoms with Crippen LogP contribution >= 0.6 is 15.9 Å². The second-order valence-electron chi connectivity index (χ2n) is 5.09. The lowest BCUT2D eigenvalue weighted by atomic mass is 9.92. The second-order valence-corrected chi connectivity index (χ2v) is 5.94. The molecule has 0 aliphatic rings. The van der Waals surface area contributed by atoms with E-state index in [4.69, 9.17) is 0 Å². The summed E-state index contributed by atoms with van der Waals surface area (Å²) in [6.07, 6.45) is 0.822. The molecule has 2 aromatic rings. The van der Waals surface area contributed by atoms with Crippen LogP contribution in [-0.4, -0.2) is 7.05 Å². The molecule has 0 saturated heterocycles. The van der Waals surface area contributed by atoms with Crippen molar-refractivity contribution in [3.8, 4) is 0 Å². The normalized spacial score (nSPS) is 12.4. The third kappa shape index (κ3) is 3.28. The van der Waals surface area contributed by atoms with Crippen LogP contribution in [0.1, 0.15) is 28.3 Å². The molecule has 0 heterocycles. The van der Waals surface area contributed by atoms with Crippen LogP contribution in [0.25, 0.3) is 0 Å². The van der Waals surface area contributed by atoms with E-state index in [1.165, 1.54) is 28.8 Å². The summed E-state index contributed by atoms with van der Waals surface area (Å²) in [5.41, 5.74) is 4.99. The van der Waals surface area contributed by atoms with Crippen molar-refractivity contribution in [2.75, 3.05) is 7.05 Å². The Morgan fingerprint density at radius 1 is 1.15 bits per heavy atom. The Bertz CT molecular complexity index is 590. The van der Waals surface area contributed by atoms with Crippen molar-refractivity contribution >= 4 is 15.9 Å². The molecule has 0 aromatic heterocycles. The van der Waals surface area contributed by atoms with Gasteiger partial charge < -0.3 is 5.32 Å². The van der Waals surface area contributed by atoms with Crippen molar-refractivity contribution in [2.24, 2.45) is 0 Å². The summed E-state index contributed by atoms with van der Waals surface area (Å²) in [5, 5.41) is 3.38. The summed E-state index contributed by atoms with van der Waals surface area (Å²) in [7, 11) is 1.97. The molecule has 1 unspecified atom stereocenters. The Labute approximate surface area is 128 Å². The zero-order valence-electron chi connectivity index (χ0n) is 12.0. The summed E-state index contributed by atoms with van der Waals surface area (Å²) in [6, 6.07) is 11.4. The van der Waals surface area contributed by atoms with E-state index in [9.17, 15) is 4.39 Å². The number of aryl methyl sites for hydroxylation is 2. The summed E-state index contributed by atoms with van der Waals surface area (Å²) in [5.74, 6) is -0.214. The highest BCUT2D eigenvalue weighted by Gasteiger charge is 2.16. The first-order valence-electron chi connectivity index (χ1n) is 6.70. The average molecular weight is 336 g/mol. The molecule has 3 heteroatoms. The van der Waals surface area contributed by atoms with Crippen LogP contribution in [0.5, 0.6) is 0 Å². The van der Waals surface area contributed by atoms with Crippen LogP contribution in [0.2, 0.25) is 0 Å². The third-order valence-electron chi connectivity index (χ3n) is 3.68. The molecule has 1 N–H and O–H groups in total. The fourth-order valence-electron chi connectivity index (χ4n) is 2.63. The highest BCUT2D eigenvalue weighted by Crippen LogP contribution is 2.28. The minimum absolute atomic E-state index is 0.214. The summed E-state index contributed by atoms with van der Waals surface area (Å²) >= 11 is 3.45. The van der Waals surface area contributed by atoms with Gasteiger partial charge in [0.25, 0.3) is 0 Å². The van der Waals surface area contributed by atoms with Gasteiger partial charge in [-0.25, -0.2) is 4.39 Å². The van der Waals surface area contributed by atoms with Crippen LogP contribution in [0, 0.1) is 19.7 Å². The monoisotopic (exact) mass is 335 g/mol. The lowest BCUT2D eigenvalue weighted by molar-refractivity contribution is 0.581. The van der Waals surface area contributed by atoms with Crippen LogP contribution in [-0.2, 0) is 6.42 Å². The summed E-state index contributed by atoms with van der Waals surface area (Å²) < 4.78 is 14.0.